The van der Waals surface area contributed by atoms with E-state index in [9.17, 15) is 0 Å². The molecule has 0 nitrogen and oxygen atoms in total. The van der Waals surface area contributed by atoms with Crippen LogP contribution in [0.15, 0.2) is 60.7 Å². The van der Waals surface area contributed by atoms with Gasteiger partial charge in [-0.1, -0.05) is 49.4 Å². The van der Waals surface area contributed by atoms with Gasteiger partial charge in [-0.05, 0) is 11.1 Å². The van der Waals surface area contributed by atoms with Gasteiger partial charge in [0.25, 0.3) is 0 Å². The summed E-state index contributed by atoms with van der Waals surface area (Å²) in [5, 5.41) is 2.66. The second-order valence-electron chi connectivity index (χ2n) is 4.31. The van der Waals surface area contributed by atoms with Gasteiger partial charge < -0.3 is 0 Å². The monoisotopic (exact) mass is 365 g/mol. The first-order chi connectivity index (χ1) is 9.24. The van der Waals surface area contributed by atoms with E-state index in [-0.39, 0.29) is 0 Å². The molecule has 96 valence electrons. The van der Waals surface area contributed by atoms with E-state index in [1.54, 1.807) is 0 Å². The quantitative estimate of drug-likeness (QED) is 0.469. The fourth-order valence-corrected chi connectivity index (χ4v) is 2.17. The molecule has 0 aromatic heterocycles. The van der Waals surface area contributed by atoms with Gasteiger partial charge in [-0.25, -0.2) is 0 Å². The Morgan fingerprint density at radius 1 is 0.895 bits per heavy atom. The third-order valence-corrected chi connectivity index (χ3v) is 2.96. The molecule has 0 aliphatic rings. The van der Waals surface area contributed by atoms with E-state index in [0.717, 1.165) is 0 Å². The molecule has 0 amide bonds. The zero-order chi connectivity index (χ0) is 13.7. The molecular weight excluding hydrogens is 354 g/mol. The number of halogens is 2. The fraction of sp³-hybridized carbons (Fsp3) is 0.0625. The van der Waals surface area contributed by atoms with Gasteiger partial charge in [-0.3, -0.25) is 0 Å². The van der Waals surface area contributed by atoms with Crippen molar-refractivity contribution in [3.8, 4) is 11.1 Å². The van der Waals surface area contributed by atoms with Crippen molar-refractivity contribution in [1.82, 2.24) is 0 Å². The molecule has 3 aromatic carbocycles. The summed E-state index contributed by atoms with van der Waals surface area (Å²) in [4.78, 5) is 0. The maximum atomic E-state index is 4.93. The van der Waals surface area contributed by atoms with Crippen LogP contribution >= 0.6 is 17.0 Å². The number of benzene rings is 2. The van der Waals surface area contributed by atoms with Crippen molar-refractivity contribution < 1.29 is 20.8 Å². The van der Waals surface area contributed by atoms with Gasteiger partial charge in [0.05, 0.1) is 0 Å². The Kier molecular flexibility index (Phi) is 5.76. The first kappa shape index (κ1) is 14.9. The van der Waals surface area contributed by atoms with E-state index in [4.69, 9.17) is 17.0 Å². The van der Waals surface area contributed by atoms with Crippen LogP contribution in [0.25, 0.3) is 21.9 Å². The van der Waals surface area contributed by atoms with Gasteiger partial charge in [0.1, 0.15) is 0 Å². The topological polar surface area (TPSA) is 0 Å². The third kappa shape index (κ3) is 3.99. The molecule has 0 bridgehead atoms. The molecule has 3 heteroatoms. The van der Waals surface area contributed by atoms with Gasteiger partial charge in [0.15, 0.2) is 0 Å². The van der Waals surface area contributed by atoms with Crippen LogP contribution in [0.5, 0.6) is 0 Å². The van der Waals surface area contributed by atoms with Crippen LogP contribution in [0.2, 0.25) is 0 Å². The number of aryl methyl sites for hydroxylation is 1. The van der Waals surface area contributed by atoms with E-state index < -0.39 is 20.8 Å². The standard InChI is InChI=1S/C16H13.2ClH.Zr/c1-12-9-14-7-8-15(11-16(14)10-12)13-5-3-2-4-6-13;;;/h2-11H,1H3;2*1H;/q-1;;;+2/p-2. The van der Waals surface area contributed by atoms with Crippen molar-refractivity contribution in [2.75, 3.05) is 0 Å². The summed E-state index contributed by atoms with van der Waals surface area (Å²) < 4.78 is 0. The van der Waals surface area contributed by atoms with Crippen LogP contribution in [-0.2, 0) is 20.8 Å². The van der Waals surface area contributed by atoms with E-state index in [0.29, 0.717) is 0 Å². The Morgan fingerprint density at radius 2 is 1.58 bits per heavy atom. The number of fused-ring (bicyclic) bond motifs is 1. The second kappa shape index (κ2) is 7.34. The summed E-state index contributed by atoms with van der Waals surface area (Å²) in [6, 6.07) is 21.6. The molecule has 0 heterocycles. The molecule has 0 fully saturated rings. The fourth-order valence-electron chi connectivity index (χ4n) is 2.17. The Labute approximate surface area is 132 Å². The third-order valence-electron chi connectivity index (χ3n) is 2.96. The van der Waals surface area contributed by atoms with Crippen LogP contribution < -0.4 is 0 Å². The summed E-state index contributed by atoms with van der Waals surface area (Å²) >= 11 is -0.826. The molecule has 0 aliphatic heterocycles. The molecule has 0 spiro atoms. The average molecular weight is 367 g/mol. The molecule has 0 radical (unpaired) electrons. The number of hydrogen-bond donors (Lipinski definition) is 0. The molecule has 0 N–H and O–H groups in total. The second-order valence-corrected chi connectivity index (χ2v) is 8.05. The van der Waals surface area contributed by atoms with Crippen molar-refractivity contribution in [2.24, 2.45) is 0 Å². The first-order valence-electron chi connectivity index (χ1n) is 5.93. The average Bonchev–Trinajstić information content (AvgIpc) is 2.79. The van der Waals surface area contributed by atoms with Crippen molar-refractivity contribution in [3.05, 3.63) is 66.2 Å². The molecule has 19 heavy (non-hydrogen) atoms. The van der Waals surface area contributed by atoms with Crippen molar-refractivity contribution in [1.29, 1.82) is 0 Å². The molecule has 0 atom stereocenters. The zero-order valence-corrected chi connectivity index (χ0v) is 14.5. The molecule has 3 rings (SSSR count). The summed E-state index contributed by atoms with van der Waals surface area (Å²) in [6.07, 6.45) is 0. The van der Waals surface area contributed by atoms with Gasteiger partial charge in [-0.2, -0.15) is 6.07 Å². The minimum absolute atomic E-state index is 0.826. The van der Waals surface area contributed by atoms with Gasteiger partial charge in [0, 0.05) is 0 Å². The summed E-state index contributed by atoms with van der Waals surface area (Å²) in [6.45, 7) is 2.14. The molecule has 0 saturated carbocycles. The van der Waals surface area contributed by atoms with E-state index in [1.807, 2.05) is 0 Å². The van der Waals surface area contributed by atoms with Crippen molar-refractivity contribution in [2.45, 2.75) is 6.92 Å². The van der Waals surface area contributed by atoms with E-state index >= 15 is 0 Å². The number of rotatable bonds is 1. The summed E-state index contributed by atoms with van der Waals surface area (Å²) in [7, 11) is 9.87. The van der Waals surface area contributed by atoms with Crippen LogP contribution in [0, 0.1) is 6.92 Å². The van der Waals surface area contributed by atoms with Crippen LogP contribution in [0.1, 0.15) is 5.56 Å². The first-order valence-corrected chi connectivity index (χ1v) is 12.3. The predicted molar refractivity (Wildman–Crippen MR) is 81.4 cm³/mol. The van der Waals surface area contributed by atoms with Crippen molar-refractivity contribution >= 4 is 27.8 Å². The summed E-state index contributed by atoms with van der Waals surface area (Å²) in [5.41, 5.74) is 3.90. The normalized spacial score (nSPS) is 9.84. The van der Waals surface area contributed by atoms with Crippen LogP contribution in [0.3, 0.4) is 0 Å². The molecule has 3 aromatic rings. The van der Waals surface area contributed by atoms with Crippen LogP contribution in [-0.4, -0.2) is 0 Å². The molecule has 0 unspecified atom stereocenters. The number of hydrogen-bond acceptors (Lipinski definition) is 0. The Balaban J connectivity index is 0.000000408. The molecule has 0 aliphatic carbocycles. The molecule has 0 saturated heterocycles. The molecular formula is C16H13Cl2Zr-. The van der Waals surface area contributed by atoms with E-state index in [1.165, 1.54) is 27.5 Å². The van der Waals surface area contributed by atoms with Gasteiger partial charge >= 0.3 is 37.9 Å². The van der Waals surface area contributed by atoms with Gasteiger partial charge in [0.2, 0.25) is 0 Å². The predicted octanol–water partition coefficient (Wildman–Crippen LogP) is 5.91. The van der Waals surface area contributed by atoms with E-state index in [2.05, 4.69) is 67.6 Å². The Hall–Kier alpha value is -0.487. The Bertz CT molecular complexity index is 644. The minimum atomic E-state index is -0.826. The van der Waals surface area contributed by atoms with Gasteiger partial charge in [-0.15, -0.1) is 28.5 Å². The van der Waals surface area contributed by atoms with Crippen molar-refractivity contribution in [3.63, 3.8) is 0 Å². The van der Waals surface area contributed by atoms with Crippen LogP contribution in [0.4, 0.5) is 0 Å². The SMILES string of the molecule is Cc1cc2cc(-c3ccccc3)ccc2[cH-]1.[Cl][Zr][Cl]. The summed E-state index contributed by atoms with van der Waals surface area (Å²) in [5.74, 6) is 0. The maximum absolute atomic E-state index is 4.93. The Morgan fingerprint density at radius 3 is 2.26 bits per heavy atom. The zero-order valence-electron chi connectivity index (χ0n) is 10.5.